The number of ether oxygens (including phenoxy) is 4. The third kappa shape index (κ3) is 5.75. The van der Waals surface area contributed by atoms with E-state index >= 15 is 0 Å². The number of likely N-dealkylation sites (N-methyl/N-ethyl adjacent to an activating group) is 1. The molecule has 1 amide bonds. The van der Waals surface area contributed by atoms with Crippen LogP contribution in [0.4, 0.5) is 11.6 Å². The Hall–Kier alpha value is -3.64. The van der Waals surface area contributed by atoms with Crippen molar-refractivity contribution in [2.75, 3.05) is 44.6 Å². The topological polar surface area (TPSA) is 124 Å². The van der Waals surface area contributed by atoms with Gasteiger partial charge in [0.15, 0.2) is 5.69 Å². The van der Waals surface area contributed by atoms with Crippen LogP contribution in [-0.2, 0) is 14.3 Å². The molecule has 0 saturated carbocycles. The van der Waals surface area contributed by atoms with Crippen LogP contribution >= 0.6 is 0 Å². The van der Waals surface area contributed by atoms with E-state index in [0.717, 1.165) is 25.1 Å². The highest BCUT2D eigenvalue weighted by Gasteiger charge is 2.37. The van der Waals surface area contributed by atoms with Gasteiger partial charge in [-0.05, 0) is 32.0 Å². The molecule has 38 heavy (non-hydrogen) atoms. The second-order valence-electron chi connectivity index (χ2n) is 10.3. The highest BCUT2D eigenvalue weighted by atomic mass is 28.3. The lowest BCUT2D eigenvalue weighted by Gasteiger charge is -2.20. The zero-order valence-corrected chi connectivity index (χ0v) is 23.9. The fraction of sp³-hybridized carbons (Fsp3) is 0.462. The average Bonchev–Trinajstić information content (AvgIpc) is 3.51. The van der Waals surface area contributed by atoms with Gasteiger partial charge in [-0.1, -0.05) is 37.0 Å². The minimum Gasteiger partial charge on any atom is -0.479 e. The van der Waals surface area contributed by atoms with Crippen LogP contribution < -0.4 is 34.9 Å². The minimum absolute atomic E-state index is 0.0374. The van der Waals surface area contributed by atoms with Gasteiger partial charge in [0.1, 0.15) is 5.75 Å². The lowest BCUT2D eigenvalue weighted by molar-refractivity contribution is -0.134. The first-order chi connectivity index (χ1) is 18.0. The molecule has 0 radical (unpaired) electrons. The summed E-state index contributed by atoms with van der Waals surface area (Å²) in [6.07, 6.45) is 0.697. The van der Waals surface area contributed by atoms with E-state index in [1.54, 1.807) is 0 Å². The Morgan fingerprint density at radius 3 is 2.42 bits per heavy atom. The van der Waals surface area contributed by atoms with E-state index in [9.17, 15) is 9.59 Å². The number of anilines is 2. The smallest absolute Gasteiger partial charge is 0.289 e. The molecule has 1 aromatic heterocycles. The second-order valence-corrected chi connectivity index (χ2v) is 15.4. The first-order valence-corrected chi connectivity index (χ1v) is 16.0. The molecule has 0 bridgehead atoms. The Balaban J connectivity index is 1.49. The quantitative estimate of drug-likeness (QED) is 0.360. The van der Waals surface area contributed by atoms with E-state index in [0.29, 0.717) is 17.7 Å². The second kappa shape index (κ2) is 11.0. The number of aryl methyl sites for hydroxylation is 1. The van der Waals surface area contributed by atoms with Crippen LogP contribution in [0.3, 0.4) is 0 Å². The molecular weight excluding hydrogens is 506 g/mol. The fourth-order valence-electron chi connectivity index (χ4n) is 4.24. The van der Waals surface area contributed by atoms with Gasteiger partial charge in [-0.3, -0.25) is 9.59 Å². The van der Waals surface area contributed by atoms with Crippen molar-refractivity contribution in [3.63, 3.8) is 0 Å². The summed E-state index contributed by atoms with van der Waals surface area (Å²) in [5, 5.41) is 7.09. The van der Waals surface area contributed by atoms with Crippen LogP contribution in [0.2, 0.25) is 19.6 Å². The number of hydrogen-bond donors (Lipinski definition) is 2. The number of benzene rings is 1. The van der Waals surface area contributed by atoms with Crippen LogP contribution in [0.5, 0.6) is 17.5 Å². The van der Waals surface area contributed by atoms with Gasteiger partial charge in [-0.25, -0.2) is 0 Å². The average molecular weight is 542 g/mol. The van der Waals surface area contributed by atoms with Gasteiger partial charge in [0, 0.05) is 19.1 Å². The summed E-state index contributed by atoms with van der Waals surface area (Å²) in [6, 6.07) is 6.37. The first-order valence-electron chi connectivity index (χ1n) is 12.5. The normalized spacial score (nSPS) is 19.2. The Morgan fingerprint density at radius 1 is 1.16 bits per heavy atom. The third-order valence-corrected chi connectivity index (χ3v) is 8.64. The Kier molecular flexibility index (Phi) is 7.93. The summed E-state index contributed by atoms with van der Waals surface area (Å²) in [6.45, 7) is 10.1. The maximum absolute atomic E-state index is 13.1. The Bertz CT molecular complexity index is 1240. The molecule has 2 N–H and O–H groups in total. The SMILES string of the molecule is CNC1CCN(c2nc(OC)c(NC(=O)C3OC(Oc4cc([Si](C)(C)C)ccc4C)=CC3=O)c(OC)n2)C1. The summed E-state index contributed by atoms with van der Waals surface area (Å²) in [4.78, 5) is 36.7. The van der Waals surface area contributed by atoms with E-state index in [4.69, 9.17) is 18.9 Å². The van der Waals surface area contributed by atoms with E-state index in [1.165, 1.54) is 25.5 Å². The number of carbonyl (C=O) groups excluding carboxylic acids is 2. The number of rotatable bonds is 9. The number of amides is 1. The van der Waals surface area contributed by atoms with Crippen molar-refractivity contribution in [2.24, 2.45) is 0 Å². The summed E-state index contributed by atoms with van der Waals surface area (Å²) >= 11 is 0. The molecule has 1 aromatic carbocycles. The summed E-state index contributed by atoms with van der Waals surface area (Å²) in [7, 11) is 3.20. The van der Waals surface area contributed by atoms with Crippen molar-refractivity contribution in [3.05, 3.63) is 35.8 Å². The monoisotopic (exact) mass is 541 g/mol. The molecule has 3 heterocycles. The zero-order chi connectivity index (χ0) is 27.6. The summed E-state index contributed by atoms with van der Waals surface area (Å²) < 4.78 is 22.4. The zero-order valence-electron chi connectivity index (χ0n) is 22.9. The van der Waals surface area contributed by atoms with Gasteiger partial charge >= 0.3 is 0 Å². The van der Waals surface area contributed by atoms with E-state index in [-0.39, 0.29) is 23.4 Å². The summed E-state index contributed by atoms with van der Waals surface area (Å²) in [5.41, 5.74) is 1.00. The highest BCUT2D eigenvalue weighted by Crippen LogP contribution is 2.35. The van der Waals surface area contributed by atoms with Crippen molar-refractivity contribution in [1.82, 2.24) is 15.3 Å². The molecule has 2 aromatic rings. The van der Waals surface area contributed by atoms with E-state index in [1.807, 2.05) is 31.0 Å². The third-order valence-electron chi connectivity index (χ3n) is 6.60. The molecule has 0 aliphatic carbocycles. The first kappa shape index (κ1) is 27.4. The molecule has 2 atom stereocenters. The molecule has 2 aliphatic rings. The van der Waals surface area contributed by atoms with Crippen LogP contribution in [0.25, 0.3) is 0 Å². The van der Waals surface area contributed by atoms with Crippen LogP contribution in [0, 0.1) is 6.92 Å². The highest BCUT2D eigenvalue weighted by molar-refractivity contribution is 6.88. The van der Waals surface area contributed by atoms with Crippen LogP contribution in [0.15, 0.2) is 30.2 Å². The van der Waals surface area contributed by atoms with Gasteiger partial charge in [0.2, 0.25) is 29.6 Å². The molecular formula is C26H35N5O6Si. The molecule has 2 aliphatic heterocycles. The number of methoxy groups -OCH3 is 2. The molecule has 204 valence electrons. The van der Waals surface area contributed by atoms with Crippen molar-refractivity contribution < 1.29 is 28.5 Å². The lowest BCUT2D eigenvalue weighted by atomic mass is 10.2. The standard InChI is InChI=1S/C26H35N5O6Si/c1-15-8-9-17(38(5,6)7)12-19(15)36-20-13-18(32)22(37-20)23(33)28-21-24(34-3)29-26(30-25(21)35-4)31-11-10-16(14-31)27-2/h8-9,12-13,16,22,27H,10-11,14H2,1-7H3,(H,28,33). The Labute approximate surface area is 223 Å². The Morgan fingerprint density at radius 2 is 1.84 bits per heavy atom. The van der Waals surface area contributed by atoms with Crippen molar-refractivity contribution >= 4 is 36.6 Å². The molecule has 1 fully saturated rings. The summed E-state index contributed by atoms with van der Waals surface area (Å²) in [5.74, 6) is -0.0622. The van der Waals surface area contributed by atoms with Crippen molar-refractivity contribution in [2.45, 2.75) is 45.1 Å². The maximum atomic E-state index is 13.1. The predicted molar refractivity (Wildman–Crippen MR) is 146 cm³/mol. The maximum Gasteiger partial charge on any atom is 0.289 e. The van der Waals surface area contributed by atoms with Gasteiger partial charge in [-0.2, -0.15) is 9.97 Å². The fourth-order valence-corrected chi connectivity index (χ4v) is 5.39. The van der Waals surface area contributed by atoms with E-state index in [2.05, 4.69) is 46.3 Å². The van der Waals surface area contributed by atoms with Crippen molar-refractivity contribution in [1.29, 1.82) is 0 Å². The van der Waals surface area contributed by atoms with Gasteiger partial charge in [0.25, 0.3) is 11.9 Å². The van der Waals surface area contributed by atoms with Gasteiger partial charge in [0.05, 0.1) is 28.4 Å². The van der Waals surface area contributed by atoms with Crippen molar-refractivity contribution in [3.8, 4) is 17.5 Å². The van der Waals surface area contributed by atoms with Gasteiger partial charge < -0.3 is 34.5 Å². The van der Waals surface area contributed by atoms with Crippen LogP contribution in [-0.4, -0.2) is 76.2 Å². The number of ketones is 1. The number of nitrogens with zero attached hydrogens (tertiary/aromatic N) is 3. The largest absolute Gasteiger partial charge is 0.479 e. The molecule has 1 saturated heterocycles. The number of aromatic nitrogens is 2. The molecule has 0 spiro atoms. The number of carbonyl (C=O) groups is 2. The number of nitrogens with one attached hydrogen (secondary N) is 2. The van der Waals surface area contributed by atoms with Crippen LogP contribution in [0.1, 0.15) is 12.0 Å². The number of hydrogen-bond acceptors (Lipinski definition) is 10. The molecule has 2 unspecified atom stereocenters. The molecule has 12 heteroatoms. The van der Waals surface area contributed by atoms with E-state index < -0.39 is 25.9 Å². The van der Waals surface area contributed by atoms with Gasteiger partial charge in [-0.15, -0.1) is 0 Å². The molecule has 4 rings (SSSR count). The minimum atomic E-state index is -1.58. The predicted octanol–water partition coefficient (Wildman–Crippen LogP) is 1.97. The molecule has 11 nitrogen and oxygen atoms in total. The lowest BCUT2D eigenvalue weighted by Crippen LogP contribution is -2.37.